The highest BCUT2D eigenvalue weighted by molar-refractivity contribution is 5.86. The van der Waals surface area contributed by atoms with Crippen LogP contribution in [0.15, 0.2) is 53.7 Å². The Morgan fingerprint density at radius 3 is 2.44 bits per heavy atom. The lowest BCUT2D eigenvalue weighted by molar-refractivity contribution is -0.127. The average Bonchev–Trinajstić information content (AvgIpc) is 3.00. The zero-order valence-electron chi connectivity index (χ0n) is 15.4. The van der Waals surface area contributed by atoms with E-state index in [-0.39, 0.29) is 12.5 Å². The Hall–Kier alpha value is -2.76. The van der Waals surface area contributed by atoms with Gasteiger partial charge in [-0.2, -0.15) is 0 Å². The van der Waals surface area contributed by atoms with Crippen LogP contribution >= 0.6 is 0 Å². The van der Waals surface area contributed by atoms with Crippen LogP contribution in [0.3, 0.4) is 0 Å². The first-order chi connectivity index (χ1) is 12.0. The third kappa shape index (κ3) is 5.67. The predicted molar refractivity (Wildman–Crippen MR) is 101 cm³/mol. The molecule has 0 spiro atoms. The molecular formula is C19H27N5O. The normalized spacial score (nSPS) is 11.3. The number of aliphatic imine (C=N–C) groups is 1. The van der Waals surface area contributed by atoms with Crippen molar-refractivity contribution in [2.45, 2.75) is 13.1 Å². The molecule has 0 aliphatic heterocycles. The van der Waals surface area contributed by atoms with Crippen molar-refractivity contribution in [2.24, 2.45) is 12.0 Å². The zero-order valence-corrected chi connectivity index (χ0v) is 15.4. The average molecular weight is 341 g/mol. The molecule has 6 nitrogen and oxygen atoms in total. The van der Waals surface area contributed by atoms with Crippen LogP contribution in [0, 0.1) is 0 Å². The fourth-order valence-electron chi connectivity index (χ4n) is 2.35. The summed E-state index contributed by atoms with van der Waals surface area (Å²) in [5.41, 5.74) is 2.31. The third-order valence-corrected chi connectivity index (χ3v) is 3.96. The van der Waals surface area contributed by atoms with Gasteiger partial charge in [0.2, 0.25) is 5.91 Å². The minimum atomic E-state index is 0.0136. The number of amides is 1. The maximum Gasteiger partial charge on any atom is 0.241 e. The Kier molecular flexibility index (Phi) is 6.62. The largest absolute Gasteiger partial charge is 0.353 e. The lowest BCUT2D eigenvalue weighted by atomic mass is 10.2. The Morgan fingerprint density at radius 1 is 1.12 bits per heavy atom. The standard InChI is InChI=1S/C19H27N5O/c1-22(2)18(25)14-21-19(20-13-16-9-6-5-7-10-16)24(4)15-17-11-8-12-23(17)3/h5-12H,13-15H2,1-4H3,(H,20,21). The fraction of sp³-hybridized carbons (Fsp3) is 0.368. The van der Waals surface area contributed by atoms with Crippen LogP contribution in [-0.2, 0) is 24.9 Å². The van der Waals surface area contributed by atoms with Crippen molar-refractivity contribution >= 4 is 11.9 Å². The van der Waals surface area contributed by atoms with Crippen LogP contribution in [0.25, 0.3) is 0 Å². The number of hydrogen-bond acceptors (Lipinski definition) is 2. The van der Waals surface area contributed by atoms with Gasteiger partial charge in [0.15, 0.2) is 5.96 Å². The summed E-state index contributed by atoms with van der Waals surface area (Å²) in [6, 6.07) is 14.2. The maximum atomic E-state index is 11.9. The first kappa shape index (κ1) is 18.6. The molecule has 0 aliphatic rings. The number of hydrogen-bond donors (Lipinski definition) is 1. The summed E-state index contributed by atoms with van der Waals surface area (Å²) in [4.78, 5) is 20.2. The second-order valence-corrected chi connectivity index (χ2v) is 6.23. The van der Waals surface area contributed by atoms with Crippen LogP contribution in [0.4, 0.5) is 0 Å². The van der Waals surface area contributed by atoms with Crippen molar-refractivity contribution < 1.29 is 4.79 Å². The highest BCUT2D eigenvalue weighted by Crippen LogP contribution is 2.05. The number of guanidine groups is 1. The molecule has 1 N–H and O–H groups in total. The summed E-state index contributed by atoms with van der Waals surface area (Å²) in [7, 11) is 7.49. The molecule has 0 fully saturated rings. The molecule has 134 valence electrons. The van der Waals surface area contributed by atoms with Gasteiger partial charge in [0, 0.05) is 40.1 Å². The second-order valence-electron chi connectivity index (χ2n) is 6.23. The predicted octanol–water partition coefficient (Wildman–Crippen LogP) is 1.69. The van der Waals surface area contributed by atoms with Gasteiger partial charge < -0.3 is 19.7 Å². The number of likely N-dealkylation sites (N-methyl/N-ethyl adjacent to an activating group) is 1. The third-order valence-electron chi connectivity index (χ3n) is 3.96. The number of benzene rings is 1. The van der Waals surface area contributed by atoms with E-state index in [4.69, 9.17) is 0 Å². The van der Waals surface area contributed by atoms with Crippen molar-refractivity contribution in [3.05, 3.63) is 59.9 Å². The molecule has 0 radical (unpaired) electrons. The van der Waals surface area contributed by atoms with E-state index in [1.54, 1.807) is 19.0 Å². The molecule has 0 atom stereocenters. The molecule has 1 aromatic carbocycles. The van der Waals surface area contributed by atoms with Gasteiger partial charge in [-0.05, 0) is 17.7 Å². The van der Waals surface area contributed by atoms with Gasteiger partial charge in [-0.1, -0.05) is 30.3 Å². The minimum absolute atomic E-state index is 0.0136. The highest BCUT2D eigenvalue weighted by Gasteiger charge is 2.11. The van der Waals surface area contributed by atoms with Crippen molar-refractivity contribution in [3.8, 4) is 0 Å². The van der Waals surface area contributed by atoms with Gasteiger partial charge in [0.05, 0.1) is 19.6 Å². The van der Waals surface area contributed by atoms with E-state index in [1.807, 2.05) is 61.6 Å². The Bertz CT molecular complexity index is 706. The first-order valence-electron chi connectivity index (χ1n) is 8.31. The number of rotatable bonds is 6. The molecule has 1 amide bonds. The SMILES string of the molecule is CN(C)C(=O)CNC(=NCc1ccccc1)N(C)Cc1cccn1C. The molecule has 6 heteroatoms. The molecule has 25 heavy (non-hydrogen) atoms. The molecule has 0 saturated heterocycles. The lowest BCUT2D eigenvalue weighted by Crippen LogP contribution is -2.43. The van der Waals surface area contributed by atoms with Gasteiger partial charge in [0.1, 0.15) is 0 Å². The van der Waals surface area contributed by atoms with Crippen molar-refractivity contribution in [3.63, 3.8) is 0 Å². The van der Waals surface area contributed by atoms with Crippen LogP contribution in [0.2, 0.25) is 0 Å². The molecule has 2 rings (SSSR count). The highest BCUT2D eigenvalue weighted by atomic mass is 16.2. The number of nitrogens with zero attached hydrogens (tertiary/aromatic N) is 4. The number of aryl methyl sites for hydroxylation is 1. The second kappa shape index (κ2) is 8.92. The van der Waals surface area contributed by atoms with Gasteiger partial charge >= 0.3 is 0 Å². The van der Waals surface area contributed by atoms with Crippen LogP contribution in [0.5, 0.6) is 0 Å². The molecule has 0 bridgehead atoms. The zero-order chi connectivity index (χ0) is 18.2. The van der Waals surface area contributed by atoms with E-state index in [0.717, 1.165) is 5.56 Å². The summed E-state index contributed by atoms with van der Waals surface area (Å²) in [6.07, 6.45) is 2.02. The first-order valence-corrected chi connectivity index (χ1v) is 8.31. The molecule has 0 saturated carbocycles. The molecule has 1 heterocycles. The Labute approximate surface area is 149 Å². The maximum absolute atomic E-state index is 11.9. The van der Waals surface area contributed by atoms with Gasteiger partial charge in [-0.25, -0.2) is 4.99 Å². The van der Waals surface area contributed by atoms with Crippen molar-refractivity contribution in [1.29, 1.82) is 0 Å². The van der Waals surface area contributed by atoms with Gasteiger partial charge in [-0.15, -0.1) is 0 Å². The molecular weight excluding hydrogens is 314 g/mol. The number of carbonyl (C=O) groups excluding carboxylic acids is 1. The molecule has 0 aliphatic carbocycles. The fourth-order valence-corrected chi connectivity index (χ4v) is 2.35. The molecule has 1 aromatic heterocycles. The number of carbonyl (C=O) groups is 1. The van der Waals surface area contributed by atoms with Gasteiger partial charge in [-0.3, -0.25) is 4.79 Å². The van der Waals surface area contributed by atoms with E-state index in [2.05, 4.69) is 20.9 Å². The van der Waals surface area contributed by atoms with Gasteiger partial charge in [0.25, 0.3) is 0 Å². The summed E-state index contributed by atoms with van der Waals surface area (Å²) >= 11 is 0. The van der Waals surface area contributed by atoms with Crippen LogP contribution in [0.1, 0.15) is 11.3 Å². The quantitative estimate of drug-likeness (QED) is 0.643. The smallest absolute Gasteiger partial charge is 0.241 e. The van der Waals surface area contributed by atoms with Crippen molar-refractivity contribution in [1.82, 2.24) is 19.7 Å². The van der Waals surface area contributed by atoms with Crippen molar-refractivity contribution in [2.75, 3.05) is 27.7 Å². The summed E-state index contributed by atoms with van der Waals surface area (Å²) in [5, 5.41) is 3.18. The van der Waals surface area contributed by atoms with E-state index in [0.29, 0.717) is 19.0 Å². The van der Waals surface area contributed by atoms with E-state index >= 15 is 0 Å². The number of aromatic nitrogens is 1. The van der Waals surface area contributed by atoms with E-state index < -0.39 is 0 Å². The molecule has 2 aromatic rings. The van der Waals surface area contributed by atoms with Crippen LogP contribution < -0.4 is 5.32 Å². The summed E-state index contributed by atoms with van der Waals surface area (Å²) in [5.74, 6) is 0.722. The number of nitrogens with one attached hydrogen (secondary N) is 1. The van der Waals surface area contributed by atoms with E-state index in [9.17, 15) is 4.79 Å². The summed E-state index contributed by atoms with van der Waals surface area (Å²) < 4.78 is 2.08. The Balaban J connectivity index is 2.09. The minimum Gasteiger partial charge on any atom is -0.353 e. The Morgan fingerprint density at radius 2 is 1.84 bits per heavy atom. The molecule has 0 unspecified atom stereocenters. The topological polar surface area (TPSA) is 52.9 Å². The monoisotopic (exact) mass is 341 g/mol. The van der Waals surface area contributed by atoms with Crippen LogP contribution in [-0.4, -0.2) is 53.9 Å². The lowest BCUT2D eigenvalue weighted by Gasteiger charge is -2.23. The van der Waals surface area contributed by atoms with E-state index in [1.165, 1.54) is 5.69 Å². The summed E-state index contributed by atoms with van der Waals surface area (Å²) in [6.45, 7) is 1.50.